The minimum absolute atomic E-state index is 0.0719. The van der Waals surface area contributed by atoms with Crippen molar-refractivity contribution in [2.75, 3.05) is 0 Å². The van der Waals surface area contributed by atoms with E-state index in [2.05, 4.69) is 20.8 Å². The zero-order valence-electron chi connectivity index (χ0n) is 14.3. The Morgan fingerprint density at radius 3 is 2.48 bits per heavy atom. The standard InChI is InChI=1S/C19H17ClN4O3/c20-13-7-5-12(6-8-13)11-18(26)24-23-17(25)10-9-16-21-15-4-2-1-3-14(15)19(27)22-16/h1-8H,9-11H2,(H,23,25)(H,24,26)(H,21,22,27). The number of H-pyrrole nitrogens is 1. The molecule has 0 atom stereocenters. The third-order valence-electron chi connectivity index (χ3n) is 3.87. The van der Waals surface area contributed by atoms with Crippen molar-refractivity contribution >= 4 is 34.3 Å². The molecular weight excluding hydrogens is 368 g/mol. The van der Waals surface area contributed by atoms with Crippen LogP contribution in [0.3, 0.4) is 0 Å². The van der Waals surface area contributed by atoms with Crippen LogP contribution in [0.1, 0.15) is 17.8 Å². The average Bonchev–Trinajstić information content (AvgIpc) is 2.66. The SMILES string of the molecule is O=C(CCc1nc2ccccc2c(=O)[nH]1)NNC(=O)Cc1ccc(Cl)cc1. The number of aromatic amines is 1. The van der Waals surface area contributed by atoms with Crippen molar-refractivity contribution in [2.24, 2.45) is 0 Å². The van der Waals surface area contributed by atoms with Crippen LogP contribution in [0.4, 0.5) is 0 Å². The van der Waals surface area contributed by atoms with E-state index in [1.807, 2.05) is 0 Å². The Labute approximate surface area is 159 Å². The zero-order chi connectivity index (χ0) is 19.2. The van der Waals surface area contributed by atoms with Crippen LogP contribution in [-0.4, -0.2) is 21.8 Å². The lowest BCUT2D eigenvalue weighted by Crippen LogP contribution is -2.42. The Kier molecular flexibility index (Phi) is 5.83. The fourth-order valence-corrected chi connectivity index (χ4v) is 2.64. The lowest BCUT2D eigenvalue weighted by Gasteiger charge is -2.08. The third kappa shape index (κ3) is 5.15. The van der Waals surface area contributed by atoms with Gasteiger partial charge in [0.25, 0.3) is 5.56 Å². The van der Waals surface area contributed by atoms with Gasteiger partial charge in [-0.25, -0.2) is 4.98 Å². The van der Waals surface area contributed by atoms with Crippen molar-refractivity contribution in [1.82, 2.24) is 20.8 Å². The van der Waals surface area contributed by atoms with Crippen molar-refractivity contribution in [3.63, 3.8) is 0 Å². The quantitative estimate of drug-likeness (QED) is 0.584. The Morgan fingerprint density at radius 2 is 1.70 bits per heavy atom. The molecule has 0 radical (unpaired) electrons. The zero-order valence-corrected chi connectivity index (χ0v) is 15.0. The number of aromatic nitrogens is 2. The number of benzene rings is 2. The van der Waals surface area contributed by atoms with Gasteiger partial charge < -0.3 is 4.98 Å². The van der Waals surface area contributed by atoms with Gasteiger partial charge in [0.05, 0.1) is 17.3 Å². The molecule has 27 heavy (non-hydrogen) atoms. The number of nitrogens with one attached hydrogen (secondary N) is 3. The molecule has 0 spiro atoms. The molecular formula is C19H17ClN4O3. The number of carbonyl (C=O) groups excluding carboxylic acids is 2. The van der Waals surface area contributed by atoms with Crippen molar-refractivity contribution < 1.29 is 9.59 Å². The summed E-state index contributed by atoms with van der Waals surface area (Å²) in [6.07, 6.45) is 0.443. The fourth-order valence-electron chi connectivity index (χ4n) is 2.52. The van der Waals surface area contributed by atoms with Gasteiger partial charge in [0.2, 0.25) is 11.8 Å². The molecule has 138 valence electrons. The molecule has 0 aliphatic heterocycles. The lowest BCUT2D eigenvalue weighted by molar-refractivity contribution is -0.128. The first-order valence-corrected chi connectivity index (χ1v) is 8.69. The number of hydrogen-bond donors (Lipinski definition) is 3. The Morgan fingerprint density at radius 1 is 1.00 bits per heavy atom. The number of aryl methyl sites for hydroxylation is 1. The van der Waals surface area contributed by atoms with Gasteiger partial charge in [-0.05, 0) is 29.8 Å². The summed E-state index contributed by atoms with van der Waals surface area (Å²) in [5, 5.41) is 1.09. The summed E-state index contributed by atoms with van der Waals surface area (Å²) in [5.41, 5.74) is 5.83. The lowest BCUT2D eigenvalue weighted by atomic mass is 10.1. The van der Waals surface area contributed by atoms with Crippen LogP contribution in [0.5, 0.6) is 0 Å². The maximum absolute atomic E-state index is 12.0. The Bertz CT molecular complexity index is 1030. The Hall–Kier alpha value is -3.19. The highest BCUT2D eigenvalue weighted by Gasteiger charge is 2.08. The van der Waals surface area contributed by atoms with E-state index in [4.69, 9.17) is 11.6 Å². The smallest absolute Gasteiger partial charge is 0.258 e. The van der Waals surface area contributed by atoms with Crippen LogP contribution in [0.25, 0.3) is 10.9 Å². The van der Waals surface area contributed by atoms with Crippen LogP contribution in [-0.2, 0) is 22.4 Å². The van der Waals surface area contributed by atoms with Crippen molar-refractivity contribution in [3.8, 4) is 0 Å². The van der Waals surface area contributed by atoms with Gasteiger partial charge in [-0.2, -0.15) is 0 Å². The van der Waals surface area contributed by atoms with E-state index in [0.29, 0.717) is 21.7 Å². The molecule has 0 aliphatic rings. The van der Waals surface area contributed by atoms with E-state index in [-0.39, 0.29) is 36.6 Å². The number of hydrogen-bond acceptors (Lipinski definition) is 4. The molecule has 1 aromatic heterocycles. The minimum atomic E-state index is -0.379. The van der Waals surface area contributed by atoms with Gasteiger partial charge >= 0.3 is 0 Å². The summed E-state index contributed by atoms with van der Waals surface area (Å²) < 4.78 is 0. The number of fused-ring (bicyclic) bond motifs is 1. The molecule has 0 fully saturated rings. The van der Waals surface area contributed by atoms with Crippen LogP contribution in [0.15, 0.2) is 53.3 Å². The molecule has 3 rings (SSSR count). The summed E-state index contributed by atoms with van der Waals surface area (Å²) >= 11 is 5.79. The van der Waals surface area contributed by atoms with Crippen LogP contribution in [0.2, 0.25) is 5.02 Å². The molecule has 7 nitrogen and oxygen atoms in total. The molecule has 0 bridgehead atoms. The summed E-state index contributed by atoms with van der Waals surface area (Å²) in [6, 6.07) is 13.9. The monoisotopic (exact) mass is 384 g/mol. The summed E-state index contributed by atoms with van der Waals surface area (Å²) in [6.45, 7) is 0. The number of carbonyl (C=O) groups is 2. The van der Waals surface area contributed by atoms with Gasteiger partial charge in [-0.3, -0.25) is 25.2 Å². The second-order valence-corrected chi connectivity index (χ2v) is 6.37. The van der Waals surface area contributed by atoms with Crippen LogP contribution in [0, 0.1) is 0 Å². The molecule has 1 heterocycles. The van der Waals surface area contributed by atoms with E-state index in [9.17, 15) is 14.4 Å². The van der Waals surface area contributed by atoms with Gasteiger partial charge in [0.1, 0.15) is 5.82 Å². The Balaban J connectivity index is 1.49. The molecule has 0 unspecified atom stereocenters. The van der Waals surface area contributed by atoms with E-state index in [0.717, 1.165) is 5.56 Å². The van der Waals surface area contributed by atoms with Crippen LogP contribution >= 0.6 is 11.6 Å². The molecule has 0 saturated carbocycles. The maximum atomic E-state index is 12.0. The number of nitrogens with zero attached hydrogens (tertiary/aromatic N) is 1. The highest BCUT2D eigenvalue weighted by Crippen LogP contribution is 2.10. The molecule has 3 aromatic rings. The van der Waals surface area contributed by atoms with E-state index in [1.165, 1.54) is 0 Å². The predicted molar refractivity (Wildman–Crippen MR) is 102 cm³/mol. The third-order valence-corrected chi connectivity index (χ3v) is 4.12. The largest absolute Gasteiger partial charge is 0.310 e. The van der Waals surface area contributed by atoms with Crippen LogP contribution < -0.4 is 16.4 Å². The van der Waals surface area contributed by atoms with Gasteiger partial charge in [-0.1, -0.05) is 35.9 Å². The number of hydrazine groups is 1. The predicted octanol–water partition coefficient (Wildman–Crippen LogP) is 1.90. The van der Waals surface area contributed by atoms with Crippen molar-refractivity contribution in [1.29, 1.82) is 0 Å². The van der Waals surface area contributed by atoms with Crippen molar-refractivity contribution in [3.05, 3.63) is 75.3 Å². The second kappa shape index (κ2) is 8.46. The molecule has 2 aromatic carbocycles. The highest BCUT2D eigenvalue weighted by atomic mass is 35.5. The number of halogens is 1. The fraction of sp³-hybridized carbons (Fsp3) is 0.158. The molecule has 8 heteroatoms. The summed E-state index contributed by atoms with van der Waals surface area (Å²) in [7, 11) is 0. The molecule has 0 saturated heterocycles. The van der Waals surface area contributed by atoms with Crippen molar-refractivity contribution in [2.45, 2.75) is 19.3 Å². The number of amides is 2. The molecule has 0 aliphatic carbocycles. The van der Waals surface area contributed by atoms with Gasteiger partial charge in [0.15, 0.2) is 0 Å². The topological polar surface area (TPSA) is 104 Å². The first-order chi connectivity index (χ1) is 13.0. The van der Waals surface area contributed by atoms with E-state index >= 15 is 0 Å². The maximum Gasteiger partial charge on any atom is 0.258 e. The summed E-state index contributed by atoms with van der Waals surface area (Å²) in [4.78, 5) is 42.7. The number of rotatable bonds is 5. The average molecular weight is 385 g/mol. The van der Waals surface area contributed by atoms with E-state index in [1.54, 1.807) is 48.5 Å². The first kappa shape index (κ1) is 18.6. The van der Waals surface area contributed by atoms with Gasteiger partial charge in [-0.15, -0.1) is 0 Å². The van der Waals surface area contributed by atoms with Gasteiger partial charge in [0, 0.05) is 17.9 Å². The normalized spacial score (nSPS) is 10.6. The summed E-state index contributed by atoms with van der Waals surface area (Å²) in [5.74, 6) is -0.306. The highest BCUT2D eigenvalue weighted by molar-refractivity contribution is 6.30. The first-order valence-electron chi connectivity index (χ1n) is 8.31. The van der Waals surface area contributed by atoms with E-state index < -0.39 is 0 Å². The number of para-hydroxylation sites is 1. The minimum Gasteiger partial charge on any atom is -0.310 e. The second-order valence-electron chi connectivity index (χ2n) is 5.93. The molecule has 3 N–H and O–H groups in total. The molecule has 2 amide bonds.